The van der Waals surface area contributed by atoms with Gasteiger partial charge in [-0.1, -0.05) is 0 Å². The summed E-state index contributed by atoms with van der Waals surface area (Å²) in [7, 11) is 0. The lowest BCUT2D eigenvalue weighted by molar-refractivity contribution is 0.0305. The lowest BCUT2D eigenvalue weighted by Crippen LogP contribution is -2.36. The van der Waals surface area contributed by atoms with Gasteiger partial charge in [-0.2, -0.15) is 10.2 Å². The maximum absolute atomic E-state index is 10.5. The van der Waals surface area contributed by atoms with Crippen LogP contribution in [0.25, 0.3) is 10.9 Å². The first-order chi connectivity index (χ1) is 11.8. The van der Waals surface area contributed by atoms with Gasteiger partial charge in [0, 0.05) is 19.3 Å². The maximum Gasteiger partial charge on any atom is 0.139 e. The van der Waals surface area contributed by atoms with E-state index < -0.39 is 0 Å². The van der Waals surface area contributed by atoms with Crippen LogP contribution in [0.1, 0.15) is 18.9 Å². The average Bonchev–Trinajstić information content (AvgIpc) is 3.32. The summed E-state index contributed by atoms with van der Waals surface area (Å²) in [4.78, 5) is 10.9. The van der Waals surface area contributed by atoms with Crippen molar-refractivity contribution in [1.82, 2.24) is 29.9 Å². The molecule has 0 spiro atoms. The molecule has 4 heterocycles. The number of hydrogen-bond donors (Lipinski definition) is 2. The van der Waals surface area contributed by atoms with Gasteiger partial charge >= 0.3 is 0 Å². The van der Waals surface area contributed by atoms with Crippen LogP contribution in [-0.2, 0) is 0 Å². The third-order valence-electron chi connectivity index (χ3n) is 5.53. The van der Waals surface area contributed by atoms with Crippen LogP contribution in [-0.4, -0.2) is 54.2 Å². The van der Waals surface area contributed by atoms with Crippen LogP contribution >= 0.6 is 0 Å². The topological polar surface area (TPSA) is 95.8 Å². The second-order valence-electron chi connectivity index (χ2n) is 6.87. The smallest absolute Gasteiger partial charge is 0.139 e. The zero-order valence-corrected chi connectivity index (χ0v) is 13.2. The van der Waals surface area contributed by atoms with Crippen molar-refractivity contribution in [3.05, 3.63) is 31.1 Å². The van der Waals surface area contributed by atoms with E-state index in [0.717, 1.165) is 42.7 Å². The van der Waals surface area contributed by atoms with Crippen LogP contribution in [0.4, 0.5) is 5.82 Å². The van der Waals surface area contributed by atoms with Gasteiger partial charge in [0.1, 0.15) is 18.5 Å². The van der Waals surface area contributed by atoms with Crippen molar-refractivity contribution >= 4 is 16.7 Å². The third-order valence-corrected chi connectivity index (χ3v) is 5.53. The third kappa shape index (κ3) is 2.10. The molecule has 24 heavy (non-hydrogen) atoms. The van der Waals surface area contributed by atoms with E-state index in [1.165, 1.54) is 6.33 Å². The number of nitrogens with one attached hydrogen (secondary N) is 1. The summed E-state index contributed by atoms with van der Waals surface area (Å²) >= 11 is 0. The number of H-pyrrole nitrogens is 1. The number of fused-ring (bicyclic) bond motifs is 2. The van der Waals surface area contributed by atoms with Crippen molar-refractivity contribution in [3.63, 3.8) is 0 Å². The van der Waals surface area contributed by atoms with Gasteiger partial charge in [-0.05, 0) is 30.7 Å². The van der Waals surface area contributed by atoms with Crippen molar-refractivity contribution in [2.45, 2.75) is 25.0 Å². The number of aliphatic hydroxyl groups is 1. The fourth-order valence-electron chi connectivity index (χ4n) is 4.36. The van der Waals surface area contributed by atoms with Gasteiger partial charge in [-0.15, -0.1) is 0 Å². The highest BCUT2D eigenvalue weighted by atomic mass is 16.3. The molecule has 1 aliphatic carbocycles. The molecule has 0 bridgehead atoms. The fraction of sp³-hybridized carbons (Fsp3) is 0.500. The highest BCUT2D eigenvalue weighted by molar-refractivity contribution is 5.89. The maximum atomic E-state index is 10.5. The minimum absolute atomic E-state index is 0.0198. The molecule has 1 saturated heterocycles. The second kappa shape index (κ2) is 5.27. The summed E-state index contributed by atoms with van der Waals surface area (Å²) in [5.74, 6) is 2.01. The number of aromatic amines is 1. The Labute approximate surface area is 138 Å². The van der Waals surface area contributed by atoms with Crippen molar-refractivity contribution in [2.75, 3.05) is 18.0 Å². The predicted molar refractivity (Wildman–Crippen MR) is 87.4 cm³/mol. The van der Waals surface area contributed by atoms with Crippen LogP contribution < -0.4 is 4.90 Å². The molecule has 124 valence electrons. The Hall–Kier alpha value is -2.48. The number of nitrogens with zero attached hydrogens (tertiary/aromatic N) is 6. The number of anilines is 1. The molecule has 3 aromatic rings. The first kappa shape index (κ1) is 13.9. The Morgan fingerprint density at radius 3 is 2.92 bits per heavy atom. The summed E-state index contributed by atoms with van der Waals surface area (Å²) in [5, 5.41) is 23.0. The van der Waals surface area contributed by atoms with Crippen LogP contribution in [0, 0.1) is 11.8 Å². The average molecular weight is 325 g/mol. The predicted octanol–water partition coefficient (Wildman–Crippen LogP) is 0.998. The highest BCUT2D eigenvalue weighted by Crippen LogP contribution is 2.42. The van der Waals surface area contributed by atoms with Gasteiger partial charge in [0.05, 0.1) is 29.2 Å². The molecule has 1 saturated carbocycles. The van der Waals surface area contributed by atoms with E-state index in [-0.39, 0.29) is 12.1 Å². The SMILES string of the molecule is O[C@@H]1C[C@H]2CN(c3nccc4[nH]ncc34)C[C@H]2C[C@H]1n1cncn1. The van der Waals surface area contributed by atoms with Crippen LogP contribution in [0.3, 0.4) is 0 Å². The van der Waals surface area contributed by atoms with Crippen molar-refractivity contribution < 1.29 is 5.11 Å². The van der Waals surface area contributed by atoms with Gasteiger partial charge in [0.15, 0.2) is 0 Å². The first-order valence-corrected chi connectivity index (χ1v) is 8.35. The molecule has 2 N–H and O–H groups in total. The summed E-state index contributed by atoms with van der Waals surface area (Å²) in [6, 6.07) is 1.96. The van der Waals surface area contributed by atoms with E-state index in [4.69, 9.17) is 0 Å². The molecule has 0 unspecified atom stereocenters. The van der Waals surface area contributed by atoms with E-state index in [1.807, 2.05) is 18.5 Å². The van der Waals surface area contributed by atoms with Crippen molar-refractivity contribution in [3.8, 4) is 0 Å². The van der Waals surface area contributed by atoms with E-state index in [9.17, 15) is 5.11 Å². The molecule has 5 rings (SSSR count). The zero-order valence-electron chi connectivity index (χ0n) is 13.2. The fourth-order valence-corrected chi connectivity index (χ4v) is 4.36. The molecule has 0 radical (unpaired) electrons. The largest absolute Gasteiger partial charge is 0.391 e. The molecule has 0 amide bonds. The van der Waals surface area contributed by atoms with Gasteiger partial charge in [-0.25, -0.2) is 14.6 Å². The van der Waals surface area contributed by atoms with Crippen LogP contribution in [0.5, 0.6) is 0 Å². The van der Waals surface area contributed by atoms with Gasteiger partial charge in [0.2, 0.25) is 0 Å². The molecule has 4 atom stereocenters. The van der Waals surface area contributed by atoms with Gasteiger partial charge in [0.25, 0.3) is 0 Å². The van der Waals surface area contributed by atoms with E-state index in [0.29, 0.717) is 11.8 Å². The first-order valence-electron chi connectivity index (χ1n) is 8.35. The number of aromatic nitrogens is 6. The number of rotatable bonds is 2. The molecule has 0 aromatic carbocycles. The minimum Gasteiger partial charge on any atom is -0.391 e. The quantitative estimate of drug-likeness (QED) is 0.730. The summed E-state index contributed by atoms with van der Waals surface area (Å²) in [6.07, 6.45) is 8.25. The van der Waals surface area contributed by atoms with Crippen LogP contribution in [0.2, 0.25) is 0 Å². The van der Waals surface area contributed by atoms with Crippen molar-refractivity contribution in [1.29, 1.82) is 0 Å². The Morgan fingerprint density at radius 2 is 2.08 bits per heavy atom. The standard InChI is InChI=1S/C16H19N7O/c24-15-4-11-7-22(16-12-5-19-21-13(12)1-2-18-16)6-10(11)3-14(15)23-9-17-8-20-23/h1-2,5,8-11,14-15,24H,3-4,6-7H2,(H,19,21)/t10-,11+,14-,15-/m1/s1. The molecular weight excluding hydrogens is 306 g/mol. The lowest BCUT2D eigenvalue weighted by Gasteiger charge is -2.34. The summed E-state index contributed by atoms with van der Waals surface area (Å²) in [5.41, 5.74) is 1.01. The number of hydrogen-bond acceptors (Lipinski definition) is 6. The normalized spacial score (nSPS) is 30.0. The van der Waals surface area contributed by atoms with Crippen LogP contribution in [0.15, 0.2) is 31.1 Å². The van der Waals surface area contributed by atoms with Gasteiger partial charge < -0.3 is 10.0 Å². The molecule has 2 fully saturated rings. The Kier molecular flexibility index (Phi) is 3.05. The Morgan fingerprint density at radius 1 is 1.21 bits per heavy atom. The lowest BCUT2D eigenvalue weighted by atomic mass is 9.77. The Bertz CT molecular complexity index is 845. The monoisotopic (exact) mass is 325 g/mol. The Balaban J connectivity index is 1.41. The molecule has 8 heteroatoms. The zero-order chi connectivity index (χ0) is 16.1. The highest BCUT2D eigenvalue weighted by Gasteiger charge is 2.43. The number of pyridine rings is 1. The summed E-state index contributed by atoms with van der Waals surface area (Å²) < 4.78 is 1.80. The molecule has 8 nitrogen and oxygen atoms in total. The molecular formula is C16H19N7O. The minimum atomic E-state index is -0.370. The van der Waals surface area contributed by atoms with Crippen molar-refractivity contribution in [2.24, 2.45) is 11.8 Å². The summed E-state index contributed by atoms with van der Waals surface area (Å²) in [6.45, 7) is 1.89. The molecule has 1 aliphatic heterocycles. The second-order valence-corrected chi connectivity index (χ2v) is 6.87. The van der Waals surface area contributed by atoms with E-state index >= 15 is 0 Å². The van der Waals surface area contributed by atoms with Gasteiger partial charge in [-0.3, -0.25) is 5.10 Å². The van der Waals surface area contributed by atoms with E-state index in [1.54, 1.807) is 11.0 Å². The number of aliphatic hydroxyl groups excluding tert-OH is 1. The molecule has 3 aromatic heterocycles. The van der Waals surface area contributed by atoms with E-state index in [2.05, 4.69) is 30.2 Å². The molecule has 2 aliphatic rings.